The van der Waals surface area contributed by atoms with Gasteiger partial charge in [-0.15, -0.1) is 0 Å². The van der Waals surface area contributed by atoms with E-state index in [0.29, 0.717) is 19.7 Å². The van der Waals surface area contributed by atoms with E-state index in [1.165, 1.54) is 0 Å². The molecule has 2 aromatic rings. The third-order valence-electron chi connectivity index (χ3n) is 4.01. The number of aromatic nitrogens is 1. The Morgan fingerprint density at radius 2 is 1.75 bits per heavy atom. The van der Waals surface area contributed by atoms with Crippen LogP contribution in [0.3, 0.4) is 0 Å². The molecular formula is C18H22N4O2. The number of benzene rings is 1. The molecule has 2 heterocycles. The number of urea groups is 1. The van der Waals surface area contributed by atoms with Crippen LogP contribution in [0.4, 0.5) is 16.2 Å². The standard InChI is InChI=1S/C18H22N4O2/c1-2-24-17-5-3-15(4-6-17)20-18(23)22-13-11-21(12-14-22)16-7-9-19-10-8-16/h3-10H,2,11-14H2,1H3,(H,20,23). The molecule has 6 nitrogen and oxygen atoms in total. The predicted molar refractivity (Wildman–Crippen MR) is 94.7 cm³/mol. The molecule has 1 aliphatic rings. The monoisotopic (exact) mass is 326 g/mol. The van der Waals surface area contributed by atoms with Crippen molar-refractivity contribution in [2.45, 2.75) is 6.92 Å². The van der Waals surface area contributed by atoms with Crippen LogP contribution in [-0.4, -0.2) is 48.7 Å². The highest BCUT2D eigenvalue weighted by atomic mass is 16.5. The van der Waals surface area contributed by atoms with Crippen molar-refractivity contribution in [3.8, 4) is 5.75 Å². The van der Waals surface area contributed by atoms with Crippen LogP contribution >= 0.6 is 0 Å². The van der Waals surface area contributed by atoms with Gasteiger partial charge in [0.1, 0.15) is 5.75 Å². The number of piperazine rings is 1. The number of nitrogens with one attached hydrogen (secondary N) is 1. The fourth-order valence-electron chi connectivity index (χ4n) is 2.73. The molecule has 2 amide bonds. The van der Waals surface area contributed by atoms with Crippen LogP contribution in [0.25, 0.3) is 0 Å². The fraction of sp³-hybridized carbons (Fsp3) is 0.333. The first-order valence-electron chi connectivity index (χ1n) is 8.20. The Labute approximate surface area is 142 Å². The molecule has 126 valence electrons. The molecule has 0 bridgehead atoms. The number of hydrogen-bond acceptors (Lipinski definition) is 4. The number of carbonyl (C=O) groups is 1. The SMILES string of the molecule is CCOc1ccc(NC(=O)N2CCN(c3ccncc3)CC2)cc1. The minimum Gasteiger partial charge on any atom is -0.494 e. The molecule has 1 aromatic carbocycles. The number of hydrogen-bond donors (Lipinski definition) is 1. The molecule has 6 heteroatoms. The molecule has 0 atom stereocenters. The summed E-state index contributed by atoms with van der Waals surface area (Å²) in [7, 11) is 0. The van der Waals surface area contributed by atoms with Crippen LogP contribution < -0.4 is 15.0 Å². The zero-order valence-electron chi connectivity index (χ0n) is 13.8. The molecule has 1 saturated heterocycles. The third kappa shape index (κ3) is 3.95. The molecule has 24 heavy (non-hydrogen) atoms. The molecular weight excluding hydrogens is 304 g/mol. The molecule has 1 N–H and O–H groups in total. The molecule has 3 rings (SSSR count). The number of anilines is 2. The van der Waals surface area contributed by atoms with Crippen molar-refractivity contribution in [3.63, 3.8) is 0 Å². The quantitative estimate of drug-likeness (QED) is 0.939. The van der Waals surface area contributed by atoms with Gasteiger partial charge < -0.3 is 19.9 Å². The molecule has 1 fully saturated rings. The number of pyridine rings is 1. The van der Waals surface area contributed by atoms with Crippen molar-refractivity contribution in [1.29, 1.82) is 0 Å². The van der Waals surface area contributed by atoms with Gasteiger partial charge in [0.15, 0.2) is 0 Å². The Morgan fingerprint density at radius 3 is 2.38 bits per heavy atom. The molecule has 0 radical (unpaired) electrons. The smallest absolute Gasteiger partial charge is 0.321 e. The Bertz CT molecular complexity index is 652. The van der Waals surface area contributed by atoms with Gasteiger partial charge in [-0.1, -0.05) is 0 Å². The Kier molecular flexibility index (Phi) is 5.15. The molecule has 1 aliphatic heterocycles. The second-order valence-electron chi connectivity index (χ2n) is 5.57. The van der Waals surface area contributed by atoms with Gasteiger partial charge >= 0.3 is 6.03 Å². The van der Waals surface area contributed by atoms with Crippen LogP contribution in [0.1, 0.15) is 6.92 Å². The second kappa shape index (κ2) is 7.68. The number of rotatable bonds is 4. The summed E-state index contributed by atoms with van der Waals surface area (Å²) in [5, 5.41) is 2.94. The van der Waals surface area contributed by atoms with E-state index in [2.05, 4.69) is 15.2 Å². The average Bonchev–Trinajstić information content (AvgIpc) is 2.64. The summed E-state index contributed by atoms with van der Waals surface area (Å²) in [4.78, 5) is 20.5. The fourth-order valence-corrected chi connectivity index (χ4v) is 2.73. The van der Waals surface area contributed by atoms with Crippen LogP contribution in [0.15, 0.2) is 48.8 Å². The van der Waals surface area contributed by atoms with E-state index in [4.69, 9.17) is 4.74 Å². The summed E-state index contributed by atoms with van der Waals surface area (Å²) in [6.45, 7) is 5.62. The van der Waals surface area contributed by atoms with Gasteiger partial charge in [0, 0.05) is 49.9 Å². The van der Waals surface area contributed by atoms with E-state index in [-0.39, 0.29) is 6.03 Å². The first-order valence-corrected chi connectivity index (χ1v) is 8.20. The Morgan fingerprint density at radius 1 is 1.08 bits per heavy atom. The van der Waals surface area contributed by atoms with E-state index in [1.54, 1.807) is 12.4 Å². The normalized spacial score (nSPS) is 14.4. The largest absolute Gasteiger partial charge is 0.494 e. The van der Waals surface area contributed by atoms with Crippen LogP contribution in [0.5, 0.6) is 5.75 Å². The molecule has 0 saturated carbocycles. The van der Waals surface area contributed by atoms with Crippen molar-refractivity contribution in [3.05, 3.63) is 48.8 Å². The van der Waals surface area contributed by atoms with Crippen molar-refractivity contribution in [2.24, 2.45) is 0 Å². The summed E-state index contributed by atoms with van der Waals surface area (Å²) in [5.41, 5.74) is 1.93. The van der Waals surface area contributed by atoms with E-state index < -0.39 is 0 Å². The lowest BCUT2D eigenvalue weighted by atomic mass is 10.2. The van der Waals surface area contributed by atoms with Gasteiger partial charge in [-0.25, -0.2) is 4.79 Å². The average molecular weight is 326 g/mol. The lowest BCUT2D eigenvalue weighted by Gasteiger charge is -2.36. The minimum absolute atomic E-state index is 0.0615. The van der Waals surface area contributed by atoms with Gasteiger partial charge in [-0.2, -0.15) is 0 Å². The van der Waals surface area contributed by atoms with Crippen LogP contribution in [0.2, 0.25) is 0 Å². The van der Waals surface area contributed by atoms with Gasteiger partial charge in [0.25, 0.3) is 0 Å². The van der Waals surface area contributed by atoms with Crippen molar-refractivity contribution < 1.29 is 9.53 Å². The summed E-state index contributed by atoms with van der Waals surface area (Å²) in [5.74, 6) is 0.807. The van der Waals surface area contributed by atoms with Gasteiger partial charge in [0.2, 0.25) is 0 Å². The van der Waals surface area contributed by atoms with Crippen molar-refractivity contribution in [1.82, 2.24) is 9.88 Å². The molecule has 0 unspecified atom stereocenters. The summed E-state index contributed by atoms with van der Waals surface area (Å²) >= 11 is 0. The maximum absolute atomic E-state index is 12.4. The zero-order chi connectivity index (χ0) is 16.8. The first-order chi connectivity index (χ1) is 11.8. The highest BCUT2D eigenvalue weighted by Gasteiger charge is 2.21. The summed E-state index contributed by atoms with van der Waals surface area (Å²) in [6.07, 6.45) is 3.58. The highest BCUT2D eigenvalue weighted by molar-refractivity contribution is 5.89. The molecule has 0 spiro atoms. The predicted octanol–water partition coefficient (Wildman–Crippen LogP) is 2.83. The van der Waals surface area contributed by atoms with E-state index >= 15 is 0 Å². The van der Waals surface area contributed by atoms with Crippen LogP contribution in [-0.2, 0) is 0 Å². The Hall–Kier alpha value is -2.76. The highest BCUT2D eigenvalue weighted by Crippen LogP contribution is 2.18. The lowest BCUT2D eigenvalue weighted by molar-refractivity contribution is 0.208. The maximum atomic E-state index is 12.4. The number of ether oxygens (including phenoxy) is 1. The summed E-state index contributed by atoms with van der Waals surface area (Å²) in [6, 6.07) is 11.4. The first kappa shape index (κ1) is 16.1. The van der Waals surface area contributed by atoms with E-state index in [9.17, 15) is 4.79 Å². The topological polar surface area (TPSA) is 57.7 Å². The number of nitrogens with zero attached hydrogens (tertiary/aromatic N) is 3. The van der Waals surface area contributed by atoms with Crippen molar-refractivity contribution in [2.75, 3.05) is 43.0 Å². The number of carbonyl (C=O) groups excluding carboxylic acids is 1. The van der Waals surface area contributed by atoms with Crippen molar-refractivity contribution >= 4 is 17.4 Å². The molecule has 0 aliphatic carbocycles. The minimum atomic E-state index is -0.0615. The second-order valence-corrected chi connectivity index (χ2v) is 5.57. The van der Waals surface area contributed by atoms with Crippen LogP contribution in [0, 0.1) is 0 Å². The van der Waals surface area contributed by atoms with Gasteiger partial charge in [0.05, 0.1) is 6.61 Å². The number of amides is 2. The van der Waals surface area contributed by atoms with E-state index in [1.807, 2.05) is 48.2 Å². The van der Waals surface area contributed by atoms with Gasteiger partial charge in [-0.3, -0.25) is 4.98 Å². The molecule has 1 aromatic heterocycles. The lowest BCUT2D eigenvalue weighted by Crippen LogP contribution is -2.50. The maximum Gasteiger partial charge on any atom is 0.321 e. The van der Waals surface area contributed by atoms with Gasteiger partial charge in [-0.05, 0) is 43.3 Å². The summed E-state index contributed by atoms with van der Waals surface area (Å²) < 4.78 is 5.40. The zero-order valence-corrected chi connectivity index (χ0v) is 13.8. The van der Waals surface area contributed by atoms with E-state index in [0.717, 1.165) is 30.2 Å². The third-order valence-corrected chi connectivity index (χ3v) is 4.01. The Balaban J connectivity index is 1.51.